The second-order valence-electron chi connectivity index (χ2n) is 5.67. The van der Waals surface area contributed by atoms with Crippen molar-refractivity contribution in [3.05, 3.63) is 70.8 Å². The molecule has 10 heteroatoms. The zero-order valence-corrected chi connectivity index (χ0v) is 14.1. The number of carbonyl (C=O) groups is 2. The van der Waals surface area contributed by atoms with E-state index in [2.05, 4.69) is 10.6 Å². The first-order chi connectivity index (χ1) is 13.0. The number of nitrogens with one attached hydrogen (secondary N) is 2. The van der Waals surface area contributed by atoms with Crippen LogP contribution in [0.1, 0.15) is 31.8 Å². The molecule has 0 bridgehead atoms. The molecule has 2 aromatic rings. The van der Waals surface area contributed by atoms with E-state index in [1.54, 1.807) is 0 Å². The summed E-state index contributed by atoms with van der Waals surface area (Å²) in [6.07, 6.45) is -9.09. The van der Waals surface area contributed by atoms with Crippen molar-refractivity contribution in [1.29, 1.82) is 0 Å². The van der Waals surface area contributed by atoms with Crippen LogP contribution in [0, 0.1) is 0 Å². The summed E-state index contributed by atoms with van der Waals surface area (Å²) in [4.78, 5) is 23.7. The maximum Gasteiger partial charge on any atom is 0.416 e. The van der Waals surface area contributed by atoms with Crippen molar-refractivity contribution in [1.82, 2.24) is 10.6 Å². The van der Waals surface area contributed by atoms with Gasteiger partial charge in [0, 0.05) is 24.2 Å². The highest BCUT2D eigenvalue weighted by Crippen LogP contribution is 2.30. The Labute approximate surface area is 155 Å². The Hall–Kier alpha value is -3.04. The first-order valence-corrected chi connectivity index (χ1v) is 7.89. The fraction of sp³-hybridized carbons (Fsp3) is 0.222. The molecule has 2 N–H and O–H groups in total. The maximum atomic E-state index is 12.6. The summed E-state index contributed by atoms with van der Waals surface area (Å²) in [6.45, 7) is -0.147. The van der Waals surface area contributed by atoms with Crippen LogP contribution >= 0.6 is 0 Å². The highest BCUT2D eigenvalue weighted by Gasteiger charge is 2.31. The lowest BCUT2D eigenvalue weighted by molar-refractivity contribution is -0.138. The third kappa shape index (κ3) is 5.73. The minimum atomic E-state index is -4.58. The van der Waals surface area contributed by atoms with Gasteiger partial charge in [-0.1, -0.05) is 6.07 Å². The number of amides is 2. The molecular formula is C18H14F6N2O2. The third-order valence-corrected chi connectivity index (χ3v) is 3.62. The van der Waals surface area contributed by atoms with E-state index in [4.69, 9.17) is 0 Å². The van der Waals surface area contributed by atoms with E-state index < -0.39 is 35.3 Å². The Kier molecular flexibility index (Phi) is 6.32. The van der Waals surface area contributed by atoms with Crippen LogP contribution in [0.4, 0.5) is 26.3 Å². The molecule has 0 aliphatic heterocycles. The summed E-state index contributed by atoms with van der Waals surface area (Å²) in [7, 11) is 0. The van der Waals surface area contributed by atoms with Gasteiger partial charge in [0.05, 0.1) is 11.1 Å². The first kappa shape index (κ1) is 21.3. The van der Waals surface area contributed by atoms with E-state index in [9.17, 15) is 35.9 Å². The fourth-order valence-electron chi connectivity index (χ4n) is 2.20. The molecule has 0 aliphatic carbocycles. The van der Waals surface area contributed by atoms with Crippen molar-refractivity contribution in [3.8, 4) is 0 Å². The highest BCUT2D eigenvalue weighted by atomic mass is 19.4. The van der Waals surface area contributed by atoms with Crippen molar-refractivity contribution >= 4 is 11.8 Å². The maximum absolute atomic E-state index is 12.6. The van der Waals surface area contributed by atoms with Gasteiger partial charge in [0.2, 0.25) is 0 Å². The Bertz CT molecular complexity index is 844. The lowest BCUT2D eigenvalue weighted by atomic mass is 10.1. The van der Waals surface area contributed by atoms with Gasteiger partial charge in [0.15, 0.2) is 0 Å². The van der Waals surface area contributed by atoms with E-state index in [1.165, 1.54) is 6.07 Å². The number of benzene rings is 2. The largest absolute Gasteiger partial charge is 0.416 e. The number of hydrogen-bond acceptors (Lipinski definition) is 2. The van der Waals surface area contributed by atoms with E-state index >= 15 is 0 Å². The summed E-state index contributed by atoms with van der Waals surface area (Å²) in [5.41, 5.74) is -2.05. The number of rotatable bonds is 5. The average molecular weight is 404 g/mol. The van der Waals surface area contributed by atoms with Gasteiger partial charge < -0.3 is 10.6 Å². The van der Waals surface area contributed by atoms with Crippen LogP contribution in [0.25, 0.3) is 0 Å². The van der Waals surface area contributed by atoms with Gasteiger partial charge in [-0.25, -0.2) is 0 Å². The van der Waals surface area contributed by atoms with Gasteiger partial charge in [0.25, 0.3) is 11.8 Å². The van der Waals surface area contributed by atoms with E-state index in [0.717, 1.165) is 36.4 Å². The first-order valence-electron chi connectivity index (χ1n) is 7.89. The number of alkyl halides is 6. The smallest absolute Gasteiger partial charge is 0.350 e. The lowest BCUT2D eigenvalue weighted by Gasteiger charge is -2.10. The molecule has 150 valence electrons. The Morgan fingerprint density at radius 3 is 1.68 bits per heavy atom. The van der Waals surface area contributed by atoms with Crippen molar-refractivity contribution in [2.24, 2.45) is 0 Å². The van der Waals surface area contributed by atoms with E-state index in [1.807, 2.05) is 0 Å². The molecule has 0 fully saturated rings. The molecule has 0 aliphatic rings. The Morgan fingerprint density at radius 1 is 0.679 bits per heavy atom. The quantitative estimate of drug-likeness (QED) is 0.587. The molecule has 0 saturated heterocycles. The SMILES string of the molecule is O=C(NCCNC(=O)c1cccc(C(F)(F)F)c1)c1ccc(C(F)(F)F)cc1. The van der Waals surface area contributed by atoms with Crippen LogP contribution in [0.5, 0.6) is 0 Å². The van der Waals surface area contributed by atoms with E-state index in [0.29, 0.717) is 6.07 Å². The summed E-state index contributed by atoms with van der Waals surface area (Å²) < 4.78 is 75.3. The minimum Gasteiger partial charge on any atom is -0.350 e. The molecule has 2 rings (SSSR count). The summed E-state index contributed by atoms with van der Waals surface area (Å²) in [6, 6.07) is 7.42. The van der Waals surface area contributed by atoms with Gasteiger partial charge in [-0.15, -0.1) is 0 Å². The number of halogens is 6. The molecule has 0 aromatic heterocycles. The van der Waals surface area contributed by atoms with Crippen molar-refractivity contribution in [2.75, 3.05) is 13.1 Å². The molecular weight excluding hydrogens is 390 g/mol. The minimum absolute atomic E-state index is 0.00259. The van der Waals surface area contributed by atoms with Gasteiger partial charge >= 0.3 is 12.4 Å². The molecule has 0 atom stereocenters. The number of hydrogen-bond donors (Lipinski definition) is 2. The van der Waals surface area contributed by atoms with Crippen molar-refractivity contribution < 1.29 is 35.9 Å². The van der Waals surface area contributed by atoms with Gasteiger partial charge in [-0.3, -0.25) is 9.59 Å². The molecule has 2 amide bonds. The molecule has 2 aromatic carbocycles. The fourth-order valence-corrected chi connectivity index (χ4v) is 2.20. The Morgan fingerprint density at radius 2 is 1.18 bits per heavy atom. The molecule has 0 saturated carbocycles. The van der Waals surface area contributed by atoms with Gasteiger partial charge in [0.1, 0.15) is 0 Å². The predicted octanol–water partition coefficient (Wildman–Crippen LogP) is 3.88. The zero-order chi connectivity index (χ0) is 20.9. The van der Waals surface area contributed by atoms with E-state index in [-0.39, 0.29) is 24.2 Å². The zero-order valence-electron chi connectivity index (χ0n) is 14.1. The van der Waals surface area contributed by atoms with Gasteiger partial charge in [-0.2, -0.15) is 26.3 Å². The van der Waals surface area contributed by atoms with Crippen molar-refractivity contribution in [3.63, 3.8) is 0 Å². The van der Waals surface area contributed by atoms with Crippen molar-refractivity contribution in [2.45, 2.75) is 12.4 Å². The molecule has 28 heavy (non-hydrogen) atoms. The monoisotopic (exact) mass is 404 g/mol. The molecule has 0 unspecified atom stereocenters. The van der Waals surface area contributed by atoms with Crippen LogP contribution in [-0.4, -0.2) is 24.9 Å². The molecule has 0 heterocycles. The normalized spacial score (nSPS) is 11.8. The van der Waals surface area contributed by atoms with Crippen LogP contribution in [0.15, 0.2) is 48.5 Å². The second kappa shape index (κ2) is 8.32. The molecule has 0 radical (unpaired) electrons. The summed E-state index contributed by atoms with van der Waals surface area (Å²) in [5, 5.41) is 4.73. The Balaban J connectivity index is 1.84. The second-order valence-corrected chi connectivity index (χ2v) is 5.67. The van der Waals surface area contributed by atoms with Crippen LogP contribution in [0.2, 0.25) is 0 Å². The summed E-state index contributed by atoms with van der Waals surface area (Å²) >= 11 is 0. The standard InChI is InChI=1S/C18H14F6N2O2/c19-17(20,21)13-6-4-11(5-7-13)15(27)25-8-9-26-16(28)12-2-1-3-14(10-12)18(22,23)24/h1-7,10H,8-9H2,(H,25,27)(H,26,28). The van der Waals surface area contributed by atoms with Gasteiger partial charge in [-0.05, 0) is 42.5 Å². The van der Waals surface area contributed by atoms with Crippen LogP contribution < -0.4 is 10.6 Å². The van der Waals surface area contributed by atoms with Crippen LogP contribution in [-0.2, 0) is 12.4 Å². The predicted molar refractivity (Wildman–Crippen MR) is 87.6 cm³/mol. The topological polar surface area (TPSA) is 58.2 Å². The summed E-state index contributed by atoms with van der Waals surface area (Å²) in [5.74, 6) is -1.41. The molecule has 4 nitrogen and oxygen atoms in total. The third-order valence-electron chi connectivity index (χ3n) is 3.62. The lowest BCUT2D eigenvalue weighted by Crippen LogP contribution is -2.34. The number of carbonyl (C=O) groups excluding carboxylic acids is 2. The van der Waals surface area contributed by atoms with Crippen LogP contribution in [0.3, 0.4) is 0 Å². The molecule has 0 spiro atoms. The average Bonchev–Trinajstić information content (AvgIpc) is 2.63. The highest BCUT2D eigenvalue weighted by molar-refractivity contribution is 5.95.